The first-order valence-corrected chi connectivity index (χ1v) is 12.8. The van der Waals surface area contributed by atoms with Gasteiger partial charge in [0.05, 0.1) is 20.3 Å². The third-order valence-corrected chi connectivity index (χ3v) is 6.35. The zero-order chi connectivity index (χ0) is 28.6. The summed E-state index contributed by atoms with van der Waals surface area (Å²) in [6, 6.07) is 11.9. The number of hydrogen-bond donors (Lipinski definition) is 1. The average Bonchev–Trinajstić information content (AvgIpc) is 2.97. The summed E-state index contributed by atoms with van der Waals surface area (Å²) in [7, 11) is 7.02. The lowest BCUT2D eigenvalue weighted by molar-refractivity contribution is 0.0938. The van der Waals surface area contributed by atoms with Crippen LogP contribution in [0.1, 0.15) is 34.5 Å². The van der Waals surface area contributed by atoms with E-state index in [9.17, 15) is 4.79 Å². The van der Waals surface area contributed by atoms with Gasteiger partial charge in [0.25, 0.3) is 5.91 Å². The molecular weight excluding hydrogens is 508 g/mol. The van der Waals surface area contributed by atoms with Crippen LogP contribution >= 0.6 is 0 Å². The molecule has 4 aromatic rings. The molecule has 0 radical (unpaired) electrons. The van der Waals surface area contributed by atoms with Crippen molar-refractivity contribution < 1.29 is 19.0 Å². The van der Waals surface area contributed by atoms with Crippen LogP contribution in [0.2, 0.25) is 0 Å². The summed E-state index contributed by atoms with van der Waals surface area (Å²) in [5, 5.41) is 3.14. The first kappa shape index (κ1) is 28.4. The maximum Gasteiger partial charge on any atom is 0.316 e. The molecule has 4 rings (SSSR count). The third-order valence-electron chi connectivity index (χ3n) is 6.35. The molecule has 1 atom stereocenters. The molecule has 2 aromatic heterocycles. The van der Waals surface area contributed by atoms with Crippen molar-refractivity contribution in [3.63, 3.8) is 0 Å². The number of carbonyl (C=O) groups excluding carboxylic acids is 1. The van der Waals surface area contributed by atoms with Gasteiger partial charge in [-0.3, -0.25) is 4.79 Å². The quantitative estimate of drug-likeness (QED) is 0.295. The summed E-state index contributed by atoms with van der Waals surface area (Å²) < 4.78 is 16.1. The fourth-order valence-corrected chi connectivity index (χ4v) is 4.02. The molecule has 40 heavy (non-hydrogen) atoms. The fourth-order valence-electron chi connectivity index (χ4n) is 4.02. The molecule has 0 aliphatic carbocycles. The number of likely N-dealkylation sites (N-methyl/N-ethyl adjacent to an activating group) is 1. The Labute approximate surface area is 234 Å². The van der Waals surface area contributed by atoms with Crippen molar-refractivity contribution >= 4 is 5.91 Å². The average molecular weight is 543 g/mol. The van der Waals surface area contributed by atoms with E-state index >= 15 is 0 Å². The van der Waals surface area contributed by atoms with Crippen molar-refractivity contribution in [1.29, 1.82) is 0 Å². The number of rotatable bonds is 11. The Hall–Kier alpha value is -4.57. The number of benzene rings is 2. The number of ether oxygens (including phenoxy) is 3. The summed E-state index contributed by atoms with van der Waals surface area (Å²) >= 11 is 0. The lowest BCUT2D eigenvalue weighted by Gasteiger charge is -2.19. The molecule has 0 bridgehead atoms. The number of aryl methyl sites for hydroxylation is 1. The molecule has 10 nitrogen and oxygen atoms in total. The van der Waals surface area contributed by atoms with Crippen molar-refractivity contribution in [1.82, 2.24) is 30.2 Å². The van der Waals surface area contributed by atoms with Gasteiger partial charge in [0.1, 0.15) is 12.4 Å². The Morgan fingerprint density at radius 1 is 0.850 bits per heavy atom. The second-order valence-corrected chi connectivity index (χ2v) is 9.58. The van der Waals surface area contributed by atoms with E-state index in [1.807, 2.05) is 63.2 Å². The van der Waals surface area contributed by atoms with Gasteiger partial charge in [-0.05, 0) is 80.5 Å². The number of nitrogens with zero attached hydrogens (tertiary/aromatic N) is 5. The molecule has 2 heterocycles. The van der Waals surface area contributed by atoms with E-state index in [1.165, 1.54) is 14.2 Å². The smallest absolute Gasteiger partial charge is 0.316 e. The van der Waals surface area contributed by atoms with Gasteiger partial charge in [0.15, 0.2) is 0 Å². The van der Waals surface area contributed by atoms with E-state index in [2.05, 4.69) is 25.3 Å². The normalized spacial score (nSPS) is 11.7. The molecule has 0 spiro atoms. The molecule has 0 saturated heterocycles. The van der Waals surface area contributed by atoms with E-state index in [0.717, 1.165) is 39.9 Å². The number of nitrogens with one attached hydrogen (secondary N) is 1. The predicted molar refractivity (Wildman–Crippen MR) is 153 cm³/mol. The molecule has 0 aliphatic heterocycles. The summed E-state index contributed by atoms with van der Waals surface area (Å²) in [4.78, 5) is 32.4. The second-order valence-electron chi connectivity index (χ2n) is 9.58. The van der Waals surface area contributed by atoms with Crippen LogP contribution in [0.4, 0.5) is 0 Å². The highest BCUT2D eigenvalue weighted by atomic mass is 16.5. The minimum Gasteiger partial charge on any atom is -0.492 e. The SMILES string of the molecule is COc1ncc(-c2cc(-c3cnc(OC)nc3)cc([C@@H](C)NC(=O)c3cc(OCCN(C)C)ccc3C)c2)cn1. The van der Waals surface area contributed by atoms with Gasteiger partial charge < -0.3 is 24.4 Å². The lowest BCUT2D eigenvalue weighted by atomic mass is 9.95. The maximum atomic E-state index is 13.4. The molecule has 10 heteroatoms. The monoisotopic (exact) mass is 542 g/mol. The minimum absolute atomic E-state index is 0.185. The van der Waals surface area contributed by atoms with Crippen molar-refractivity contribution in [3.8, 4) is 40.0 Å². The van der Waals surface area contributed by atoms with Gasteiger partial charge in [-0.2, -0.15) is 0 Å². The molecule has 1 N–H and O–H groups in total. The van der Waals surface area contributed by atoms with Gasteiger partial charge in [-0.25, -0.2) is 19.9 Å². The van der Waals surface area contributed by atoms with Crippen LogP contribution in [0.5, 0.6) is 17.8 Å². The maximum absolute atomic E-state index is 13.4. The Morgan fingerprint density at radius 3 is 1.90 bits per heavy atom. The van der Waals surface area contributed by atoms with Crippen molar-refractivity contribution in [2.24, 2.45) is 0 Å². The van der Waals surface area contributed by atoms with Crippen LogP contribution in [-0.4, -0.2) is 72.2 Å². The molecule has 208 valence electrons. The predicted octanol–water partition coefficient (Wildman–Crippen LogP) is 4.36. The fraction of sp³-hybridized carbons (Fsp3) is 0.300. The first-order valence-electron chi connectivity index (χ1n) is 12.8. The highest BCUT2D eigenvalue weighted by Gasteiger charge is 2.17. The van der Waals surface area contributed by atoms with E-state index < -0.39 is 0 Å². The van der Waals surface area contributed by atoms with Crippen LogP contribution in [0.25, 0.3) is 22.3 Å². The largest absolute Gasteiger partial charge is 0.492 e. The molecule has 0 saturated carbocycles. The highest BCUT2D eigenvalue weighted by Crippen LogP contribution is 2.31. The molecule has 0 fully saturated rings. The molecular formula is C30H34N6O4. The zero-order valence-corrected chi connectivity index (χ0v) is 23.6. The number of amides is 1. The first-order chi connectivity index (χ1) is 19.3. The molecule has 0 aliphatic rings. The van der Waals surface area contributed by atoms with Gasteiger partial charge in [-0.1, -0.05) is 6.07 Å². The third kappa shape index (κ3) is 7.09. The summed E-state index contributed by atoms with van der Waals surface area (Å²) in [6.45, 7) is 5.18. The zero-order valence-electron chi connectivity index (χ0n) is 23.6. The van der Waals surface area contributed by atoms with E-state index in [0.29, 0.717) is 17.9 Å². The summed E-state index contributed by atoms with van der Waals surface area (Å²) in [5.74, 6) is 0.476. The van der Waals surface area contributed by atoms with Crippen LogP contribution in [0.3, 0.4) is 0 Å². The van der Waals surface area contributed by atoms with Crippen molar-refractivity contribution in [3.05, 3.63) is 77.9 Å². The van der Waals surface area contributed by atoms with Gasteiger partial charge >= 0.3 is 12.0 Å². The van der Waals surface area contributed by atoms with E-state index in [-0.39, 0.29) is 24.0 Å². The van der Waals surface area contributed by atoms with Crippen molar-refractivity contribution in [2.45, 2.75) is 19.9 Å². The van der Waals surface area contributed by atoms with Crippen LogP contribution in [-0.2, 0) is 0 Å². The topological polar surface area (TPSA) is 112 Å². The minimum atomic E-state index is -0.317. The number of hydrogen-bond acceptors (Lipinski definition) is 9. The highest BCUT2D eigenvalue weighted by molar-refractivity contribution is 5.96. The Morgan fingerprint density at radius 2 is 1.40 bits per heavy atom. The summed E-state index contributed by atoms with van der Waals surface area (Å²) in [5.41, 5.74) is 5.68. The van der Waals surface area contributed by atoms with Crippen LogP contribution < -0.4 is 19.5 Å². The Kier molecular flexibility index (Phi) is 9.23. The lowest BCUT2D eigenvalue weighted by Crippen LogP contribution is -2.27. The van der Waals surface area contributed by atoms with Crippen LogP contribution in [0.15, 0.2) is 61.2 Å². The summed E-state index contributed by atoms with van der Waals surface area (Å²) in [6.07, 6.45) is 6.81. The van der Waals surface area contributed by atoms with Gasteiger partial charge in [0, 0.05) is 48.0 Å². The van der Waals surface area contributed by atoms with Gasteiger partial charge in [0.2, 0.25) is 0 Å². The van der Waals surface area contributed by atoms with Crippen LogP contribution in [0, 0.1) is 6.92 Å². The Balaban J connectivity index is 1.63. The molecule has 1 amide bonds. The van der Waals surface area contributed by atoms with Gasteiger partial charge in [-0.15, -0.1) is 0 Å². The second kappa shape index (κ2) is 13.0. The number of carbonyl (C=O) groups is 1. The standard InChI is InChI=1S/C30H34N6O4/c1-19-7-8-26(40-10-9-36(3)4)14-27(19)28(37)35-20(2)21-11-22(24-15-31-29(38-5)32-16-24)13-23(12-21)25-17-33-30(39-6)34-18-25/h7-8,11-18,20H,9-10H2,1-6H3,(H,35,37)/t20-/m1/s1. The molecule has 0 unspecified atom stereocenters. The Bertz CT molecular complexity index is 1380. The van der Waals surface area contributed by atoms with E-state index in [4.69, 9.17) is 14.2 Å². The number of methoxy groups -OCH3 is 2. The molecule has 2 aromatic carbocycles. The number of aromatic nitrogens is 4. The van der Waals surface area contributed by atoms with Crippen molar-refractivity contribution in [2.75, 3.05) is 41.5 Å². The van der Waals surface area contributed by atoms with E-state index in [1.54, 1.807) is 30.9 Å².